The summed E-state index contributed by atoms with van der Waals surface area (Å²) in [5.41, 5.74) is 3.06. The molecule has 132 valence electrons. The molecule has 0 aliphatic heterocycles. The molecule has 0 saturated heterocycles. The largest absolute Gasteiger partial charge is 0.508 e. The third-order valence-electron chi connectivity index (χ3n) is 3.42. The van der Waals surface area contributed by atoms with Crippen molar-refractivity contribution in [2.45, 2.75) is 33.6 Å². The zero-order chi connectivity index (χ0) is 17.9. The quantitative estimate of drug-likeness (QED) is 0.738. The number of phenolic OH excluding ortho intramolecular Hbond substituents is 1. The van der Waals surface area contributed by atoms with Gasteiger partial charge >= 0.3 is 0 Å². The summed E-state index contributed by atoms with van der Waals surface area (Å²) in [6.07, 6.45) is 0. The Labute approximate surface area is 145 Å². The van der Waals surface area contributed by atoms with Crippen molar-refractivity contribution in [2.75, 3.05) is 25.1 Å². The minimum Gasteiger partial charge on any atom is -0.508 e. The molecular formula is C20H29NO3. The van der Waals surface area contributed by atoms with Crippen LogP contribution in [0.2, 0.25) is 0 Å². The first-order valence-electron chi connectivity index (χ1n) is 8.35. The van der Waals surface area contributed by atoms with Crippen molar-refractivity contribution in [2.24, 2.45) is 0 Å². The fourth-order valence-electron chi connectivity index (χ4n) is 2.23. The molecule has 0 radical (unpaired) electrons. The van der Waals surface area contributed by atoms with Crippen LogP contribution in [0.5, 0.6) is 11.5 Å². The summed E-state index contributed by atoms with van der Waals surface area (Å²) < 4.78 is 5.39. The van der Waals surface area contributed by atoms with Gasteiger partial charge in [-0.05, 0) is 49.1 Å². The lowest BCUT2D eigenvalue weighted by atomic mass is 10.0. The molecule has 2 rings (SSSR count). The summed E-state index contributed by atoms with van der Waals surface area (Å²) in [6, 6.07) is 13.5. The highest BCUT2D eigenvalue weighted by molar-refractivity contribution is 5.56. The number of benzene rings is 2. The molecule has 0 saturated carbocycles. The third-order valence-corrected chi connectivity index (χ3v) is 3.42. The fourth-order valence-corrected chi connectivity index (χ4v) is 2.23. The highest BCUT2D eigenvalue weighted by Gasteiger charge is 2.04. The molecule has 0 unspecified atom stereocenters. The maximum absolute atomic E-state index is 9.46. The van der Waals surface area contributed by atoms with Gasteiger partial charge in [-0.3, -0.25) is 0 Å². The number of anilines is 1. The van der Waals surface area contributed by atoms with E-state index in [1.165, 1.54) is 0 Å². The highest BCUT2D eigenvalue weighted by atomic mass is 16.5. The Morgan fingerprint density at radius 3 is 2.42 bits per heavy atom. The molecule has 0 aliphatic rings. The van der Waals surface area contributed by atoms with Crippen molar-refractivity contribution >= 4 is 5.69 Å². The zero-order valence-electron chi connectivity index (χ0n) is 15.0. The predicted molar refractivity (Wildman–Crippen MR) is 100 cm³/mol. The van der Waals surface area contributed by atoms with Gasteiger partial charge in [-0.25, -0.2) is 0 Å². The molecular weight excluding hydrogens is 302 g/mol. The standard InChI is InChI=1S/C10H15NO2.C10H14O/c1-2-13-10-6-4-3-5-9(10)11-7-8-12;1-7(2)9-5-4-8(3)6-10(9)11/h3-6,11-12H,2,7-8H2,1H3;4-7,11H,1-3H3. The topological polar surface area (TPSA) is 61.7 Å². The second-order valence-corrected chi connectivity index (χ2v) is 5.80. The first-order valence-corrected chi connectivity index (χ1v) is 8.35. The Bertz CT molecular complexity index is 612. The van der Waals surface area contributed by atoms with Crippen LogP contribution in [0.3, 0.4) is 0 Å². The molecule has 0 spiro atoms. The number of ether oxygens (including phenoxy) is 1. The minimum atomic E-state index is 0.125. The Morgan fingerprint density at radius 1 is 1.12 bits per heavy atom. The van der Waals surface area contributed by atoms with Crippen LogP contribution in [0.1, 0.15) is 37.8 Å². The molecule has 0 heterocycles. The highest BCUT2D eigenvalue weighted by Crippen LogP contribution is 2.25. The predicted octanol–water partition coefficient (Wildman–Crippen LogP) is 4.31. The first-order chi connectivity index (χ1) is 11.5. The van der Waals surface area contributed by atoms with E-state index in [2.05, 4.69) is 19.2 Å². The maximum Gasteiger partial charge on any atom is 0.142 e. The molecule has 2 aromatic carbocycles. The molecule has 4 heteroatoms. The van der Waals surface area contributed by atoms with Gasteiger partial charge in [0, 0.05) is 6.54 Å². The Hall–Kier alpha value is -2.20. The van der Waals surface area contributed by atoms with Crippen LogP contribution < -0.4 is 10.1 Å². The van der Waals surface area contributed by atoms with Gasteiger partial charge in [-0.15, -0.1) is 0 Å². The monoisotopic (exact) mass is 331 g/mol. The lowest BCUT2D eigenvalue weighted by molar-refractivity contribution is 0.310. The van der Waals surface area contributed by atoms with E-state index in [-0.39, 0.29) is 6.61 Å². The molecule has 2 aromatic rings. The molecule has 0 aliphatic carbocycles. The van der Waals surface area contributed by atoms with E-state index in [1.807, 2.05) is 50.2 Å². The van der Waals surface area contributed by atoms with Crippen LogP contribution in [0.25, 0.3) is 0 Å². The number of phenols is 1. The summed E-state index contributed by atoms with van der Waals surface area (Å²) in [4.78, 5) is 0. The molecule has 3 N–H and O–H groups in total. The molecule has 24 heavy (non-hydrogen) atoms. The Morgan fingerprint density at radius 2 is 1.83 bits per heavy atom. The molecule has 0 bridgehead atoms. The summed E-state index contributed by atoms with van der Waals surface area (Å²) >= 11 is 0. The summed E-state index contributed by atoms with van der Waals surface area (Å²) in [5.74, 6) is 1.65. The number of aryl methyl sites for hydroxylation is 1. The van der Waals surface area contributed by atoms with Gasteiger partial charge in [0.05, 0.1) is 18.9 Å². The van der Waals surface area contributed by atoms with E-state index < -0.39 is 0 Å². The van der Waals surface area contributed by atoms with Gasteiger partial charge in [0.25, 0.3) is 0 Å². The van der Waals surface area contributed by atoms with Crippen LogP contribution in [-0.4, -0.2) is 30.0 Å². The number of aromatic hydroxyl groups is 1. The normalized spacial score (nSPS) is 10.1. The molecule has 4 nitrogen and oxygen atoms in total. The average Bonchev–Trinajstić information content (AvgIpc) is 2.54. The van der Waals surface area contributed by atoms with Crippen molar-refractivity contribution < 1.29 is 14.9 Å². The smallest absolute Gasteiger partial charge is 0.142 e. The number of hydrogen-bond acceptors (Lipinski definition) is 4. The van der Waals surface area contributed by atoms with Gasteiger partial charge in [0.1, 0.15) is 11.5 Å². The van der Waals surface area contributed by atoms with Gasteiger partial charge < -0.3 is 20.3 Å². The van der Waals surface area contributed by atoms with Crippen LogP contribution in [0.15, 0.2) is 42.5 Å². The van der Waals surface area contributed by atoms with Crippen molar-refractivity contribution in [3.05, 3.63) is 53.6 Å². The van der Waals surface area contributed by atoms with Gasteiger partial charge in [-0.2, -0.15) is 0 Å². The third kappa shape index (κ3) is 6.50. The van der Waals surface area contributed by atoms with Crippen LogP contribution >= 0.6 is 0 Å². The van der Waals surface area contributed by atoms with Crippen molar-refractivity contribution in [3.63, 3.8) is 0 Å². The van der Waals surface area contributed by atoms with Gasteiger partial charge in [0.2, 0.25) is 0 Å². The summed E-state index contributed by atoms with van der Waals surface area (Å²) in [5, 5.41) is 21.2. The number of nitrogens with one attached hydrogen (secondary N) is 1. The summed E-state index contributed by atoms with van der Waals surface area (Å²) in [7, 11) is 0. The molecule has 0 aromatic heterocycles. The van der Waals surface area contributed by atoms with E-state index in [0.29, 0.717) is 24.8 Å². The van der Waals surface area contributed by atoms with Crippen LogP contribution in [0.4, 0.5) is 5.69 Å². The minimum absolute atomic E-state index is 0.125. The number of aliphatic hydroxyl groups excluding tert-OH is 1. The van der Waals surface area contributed by atoms with E-state index in [9.17, 15) is 5.11 Å². The van der Waals surface area contributed by atoms with Crippen LogP contribution in [-0.2, 0) is 0 Å². The number of aliphatic hydroxyl groups is 1. The SMILES string of the molecule is CCOc1ccccc1NCCO.Cc1ccc(C(C)C)c(O)c1. The maximum atomic E-state index is 9.46. The Kier molecular flexibility index (Phi) is 8.72. The number of rotatable bonds is 6. The lowest BCUT2D eigenvalue weighted by Gasteiger charge is -2.10. The zero-order valence-corrected chi connectivity index (χ0v) is 15.0. The number of para-hydroxylation sites is 2. The first kappa shape index (κ1) is 19.8. The summed E-state index contributed by atoms with van der Waals surface area (Å²) in [6.45, 7) is 9.39. The second-order valence-electron chi connectivity index (χ2n) is 5.80. The molecule has 0 fully saturated rings. The van der Waals surface area contributed by atoms with E-state index in [1.54, 1.807) is 6.07 Å². The second kappa shape index (κ2) is 10.6. The van der Waals surface area contributed by atoms with Gasteiger partial charge in [0.15, 0.2) is 0 Å². The average molecular weight is 331 g/mol. The van der Waals surface area contributed by atoms with E-state index in [0.717, 1.165) is 22.6 Å². The number of hydrogen-bond donors (Lipinski definition) is 3. The molecule has 0 atom stereocenters. The van der Waals surface area contributed by atoms with Crippen molar-refractivity contribution in [3.8, 4) is 11.5 Å². The van der Waals surface area contributed by atoms with Gasteiger partial charge in [-0.1, -0.05) is 38.1 Å². The Balaban J connectivity index is 0.000000243. The fraction of sp³-hybridized carbons (Fsp3) is 0.400. The van der Waals surface area contributed by atoms with Crippen LogP contribution in [0, 0.1) is 6.92 Å². The molecule has 0 amide bonds. The van der Waals surface area contributed by atoms with E-state index >= 15 is 0 Å². The van der Waals surface area contributed by atoms with Crippen molar-refractivity contribution in [1.82, 2.24) is 0 Å². The van der Waals surface area contributed by atoms with Crippen molar-refractivity contribution in [1.29, 1.82) is 0 Å². The lowest BCUT2D eigenvalue weighted by Crippen LogP contribution is -2.07. The van der Waals surface area contributed by atoms with E-state index in [4.69, 9.17) is 9.84 Å².